The molecule has 5 rings (SSSR count). The molecule has 162 valence electrons. The lowest BCUT2D eigenvalue weighted by molar-refractivity contribution is -0.141. The first kappa shape index (κ1) is 20.0. The summed E-state index contributed by atoms with van der Waals surface area (Å²) in [5, 5.41) is 11.0. The van der Waals surface area contributed by atoms with E-state index in [-0.39, 0.29) is 23.5 Å². The number of nitrogens with zero attached hydrogens (tertiary/aromatic N) is 6. The van der Waals surface area contributed by atoms with Crippen molar-refractivity contribution in [3.8, 4) is 0 Å². The zero-order valence-corrected chi connectivity index (χ0v) is 17.7. The molecule has 0 aliphatic heterocycles. The molecule has 0 radical (unpaired) electrons. The molecular formula is C19H18BrF3N8. The minimum absolute atomic E-state index is 0.0226. The number of fused-ring (bicyclic) bond motifs is 2. The zero-order chi connectivity index (χ0) is 21.6. The Morgan fingerprint density at radius 3 is 2.74 bits per heavy atom. The van der Waals surface area contributed by atoms with Crippen LogP contribution in [0.15, 0.2) is 41.7 Å². The fourth-order valence-electron chi connectivity index (χ4n) is 4.01. The van der Waals surface area contributed by atoms with E-state index in [4.69, 9.17) is 0 Å². The van der Waals surface area contributed by atoms with Gasteiger partial charge >= 0.3 is 6.18 Å². The number of nitrogens with one attached hydrogen (secondary N) is 2. The fraction of sp³-hybridized carbons (Fsp3) is 0.368. The van der Waals surface area contributed by atoms with Crippen molar-refractivity contribution in [3.05, 3.63) is 47.3 Å². The van der Waals surface area contributed by atoms with Gasteiger partial charge in [-0.3, -0.25) is 0 Å². The molecule has 4 aromatic rings. The molecule has 0 spiro atoms. The second-order valence-corrected chi connectivity index (χ2v) is 8.39. The Morgan fingerprint density at radius 1 is 1.13 bits per heavy atom. The molecule has 0 unspecified atom stereocenters. The second-order valence-electron chi connectivity index (χ2n) is 7.57. The summed E-state index contributed by atoms with van der Waals surface area (Å²) >= 11 is 3.22. The first-order valence-corrected chi connectivity index (χ1v) is 10.6. The lowest BCUT2D eigenvalue weighted by atomic mass is 9.91. The normalized spacial score (nSPS) is 19.7. The van der Waals surface area contributed by atoms with Crippen LogP contribution in [-0.4, -0.2) is 41.1 Å². The maximum atomic E-state index is 13.3. The number of imidazole rings is 1. The molecule has 0 amide bonds. The summed E-state index contributed by atoms with van der Waals surface area (Å²) in [7, 11) is 0. The van der Waals surface area contributed by atoms with Crippen LogP contribution in [0.4, 0.5) is 24.8 Å². The van der Waals surface area contributed by atoms with Crippen LogP contribution < -0.4 is 10.6 Å². The molecule has 12 heteroatoms. The number of hydrogen-bond acceptors (Lipinski definition) is 6. The van der Waals surface area contributed by atoms with Gasteiger partial charge in [0.25, 0.3) is 0 Å². The maximum Gasteiger partial charge on any atom is 0.433 e. The molecule has 1 aliphatic carbocycles. The molecule has 8 nitrogen and oxygen atoms in total. The summed E-state index contributed by atoms with van der Waals surface area (Å²) in [6.45, 7) is 0. The first-order chi connectivity index (χ1) is 14.9. The zero-order valence-electron chi connectivity index (χ0n) is 16.1. The van der Waals surface area contributed by atoms with Crippen LogP contribution in [0.25, 0.3) is 11.2 Å². The minimum Gasteiger partial charge on any atom is -0.367 e. The van der Waals surface area contributed by atoms with Crippen molar-refractivity contribution in [2.45, 2.75) is 43.9 Å². The SMILES string of the molecule is FC(F)(F)c1cc(N[C@H]2CCC[C@@H](Nc3nccn4cncc34)C2)n2nc(Br)cc2n1. The van der Waals surface area contributed by atoms with Crippen molar-refractivity contribution in [2.24, 2.45) is 0 Å². The Bertz CT molecular complexity index is 1230. The molecule has 1 fully saturated rings. The van der Waals surface area contributed by atoms with Crippen molar-refractivity contribution < 1.29 is 13.2 Å². The Labute approximate surface area is 183 Å². The number of hydrogen-bond donors (Lipinski definition) is 2. The van der Waals surface area contributed by atoms with Gasteiger partial charge in [-0.25, -0.2) is 15.0 Å². The van der Waals surface area contributed by atoms with Crippen LogP contribution in [0.1, 0.15) is 31.4 Å². The third-order valence-corrected chi connectivity index (χ3v) is 5.78. The Kier molecular flexibility index (Phi) is 4.95. The highest BCUT2D eigenvalue weighted by Crippen LogP contribution is 2.32. The standard InChI is InChI=1S/C19H18BrF3N8/c20-15-8-17-28-14(19(21,22)23)7-16(31(17)29-15)26-11-2-1-3-12(6-11)27-18-13-9-24-10-30(13)5-4-25-18/h4-5,7-12,26H,1-3,6H2,(H,25,27)/t11-,12+/m0/s1. The quantitative estimate of drug-likeness (QED) is 0.437. The van der Waals surface area contributed by atoms with Crippen molar-refractivity contribution >= 4 is 38.7 Å². The number of alkyl halides is 3. The molecule has 0 aromatic carbocycles. The molecule has 2 N–H and O–H groups in total. The molecule has 4 aromatic heterocycles. The second kappa shape index (κ2) is 7.66. The van der Waals surface area contributed by atoms with Gasteiger partial charge in [0, 0.05) is 36.6 Å². The smallest absolute Gasteiger partial charge is 0.367 e. The predicted octanol–water partition coefficient (Wildman–Crippen LogP) is 4.39. The summed E-state index contributed by atoms with van der Waals surface area (Å²) in [6.07, 6.45) is 5.90. The number of anilines is 2. The highest BCUT2D eigenvalue weighted by Gasteiger charge is 2.34. The Morgan fingerprint density at radius 2 is 1.94 bits per heavy atom. The lowest BCUT2D eigenvalue weighted by Gasteiger charge is -2.31. The molecule has 0 saturated heterocycles. The third-order valence-electron chi connectivity index (χ3n) is 5.39. The summed E-state index contributed by atoms with van der Waals surface area (Å²) in [5.41, 5.74) is 0.0629. The molecule has 1 aliphatic rings. The Hall–Kier alpha value is -2.89. The van der Waals surface area contributed by atoms with E-state index in [0.29, 0.717) is 4.60 Å². The van der Waals surface area contributed by atoms with E-state index < -0.39 is 11.9 Å². The summed E-state index contributed by atoms with van der Waals surface area (Å²) in [6, 6.07) is 2.58. The minimum atomic E-state index is -4.54. The first-order valence-electron chi connectivity index (χ1n) is 9.80. The van der Waals surface area contributed by atoms with E-state index in [1.165, 1.54) is 10.6 Å². The summed E-state index contributed by atoms with van der Waals surface area (Å²) in [4.78, 5) is 12.3. The van der Waals surface area contributed by atoms with E-state index in [0.717, 1.165) is 43.1 Å². The largest absolute Gasteiger partial charge is 0.433 e. The van der Waals surface area contributed by atoms with Gasteiger partial charge < -0.3 is 15.0 Å². The van der Waals surface area contributed by atoms with Gasteiger partial charge in [0.1, 0.15) is 15.9 Å². The average Bonchev–Trinajstić information content (AvgIpc) is 3.34. The van der Waals surface area contributed by atoms with Gasteiger partial charge in [-0.1, -0.05) is 0 Å². The highest BCUT2D eigenvalue weighted by atomic mass is 79.9. The average molecular weight is 495 g/mol. The topological polar surface area (TPSA) is 84.4 Å². The van der Waals surface area contributed by atoms with Crippen molar-refractivity contribution in [1.29, 1.82) is 0 Å². The van der Waals surface area contributed by atoms with E-state index in [9.17, 15) is 13.2 Å². The highest BCUT2D eigenvalue weighted by molar-refractivity contribution is 9.10. The van der Waals surface area contributed by atoms with Crippen LogP contribution in [0.5, 0.6) is 0 Å². The van der Waals surface area contributed by atoms with Crippen LogP contribution in [0.3, 0.4) is 0 Å². The fourth-order valence-corrected chi connectivity index (χ4v) is 4.38. The van der Waals surface area contributed by atoms with E-state index >= 15 is 0 Å². The van der Waals surface area contributed by atoms with Crippen LogP contribution in [0.2, 0.25) is 0 Å². The number of aromatic nitrogens is 6. The third kappa shape index (κ3) is 4.03. The number of halogens is 4. The van der Waals surface area contributed by atoms with Crippen molar-refractivity contribution in [1.82, 2.24) is 29.0 Å². The van der Waals surface area contributed by atoms with Gasteiger partial charge in [0.15, 0.2) is 17.2 Å². The van der Waals surface area contributed by atoms with E-state index in [2.05, 4.69) is 46.6 Å². The van der Waals surface area contributed by atoms with Gasteiger partial charge in [0.2, 0.25) is 0 Å². The van der Waals surface area contributed by atoms with Crippen LogP contribution >= 0.6 is 15.9 Å². The van der Waals surface area contributed by atoms with Crippen molar-refractivity contribution in [3.63, 3.8) is 0 Å². The van der Waals surface area contributed by atoms with Crippen LogP contribution in [0, 0.1) is 0 Å². The molecule has 4 heterocycles. The maximum absolute atomic E-state index is 13.3. The van der Waals surface area contributed by atoms with Gasteiger partial charge in [-0.05, 0) is 41.6 Å². The Balaban J connectivity index is 1.38. The molecule has 1 saturated carbocycles. The van der Waals surface area contributed by atoms with Crippen molar-refractivity contribution in [2.75, 3.05) is 10.6 Å². The van der Waals surface area contributed by atoms with E-state index in [1.807, 2.05) is 10.6 Å². The van der Waals surface area contributed by atoms with Gasteiger partial charge in [-0.15, -0.1) is 0 Å². The predicted molar refractivity (Wildman–Crippen MR) is 112 cm³/mol. The molecule has 0 bridgehead atoms. The monoisotopic (exact) mass is 494 g/mol. The molecule has 2 atom stereocenters. The molecule has 31 heavy (non-hydrogen) atoms. The van der Waals surface area contributed by atoms with Crippen LogP contribution in [-0.2, 0) is 6.18 Å². The van der Waals surface area contributed by atoms with E-state index in [1.54, 1.807) is 18.7 Å². The number of rotatable bonds is 4. The lowest BCUT2D eigenvalue weighted by Crippen LogP contribution is -2.35. The summed E-state index contributed by atoms with van der Waals surface area (Å²) < 4.78 is 43.7. The van der Waals surface area contributed by atoms with Gasteiger partial charge in [-0.2, -0.15) is 22.8 Å². The molecular weight excluding hydrogens is 477 g/mol. The summed E-state index contributed by atoms with van der Waals surface area (Å²) in [5.74, 6) is 1.01. The van der Waals surface area contributed by atoms with Gasteiger partial charge in [0.05, 0.1) is 12.5 Å².